The van der Waals surface area contributed by atoms with Gasteiger partial charge in [-0.1, -0.05) is 34.9 Å². The first-order valence-electron chi connectivity index (χ1n) is 8.89. The smallest absolute Gasteiger partial charge is 0.312 e. The Bertz CT molecular complexity index is 532. The van der Waals surface area contributed by atoms with Crippen LogP contribution in [-0.4, -0.2) is 26.2 Å². The van der Waals surface area contributed by atoms with Crippen LogP contribution in [0, 0.1) is 0 Å². The van der Waals surface area contributed by atoms with Crippen molar-refractivity contribution in [2.75, 3.05) is 20.4 Å². The van der Waals surface area contributed by atoms with Crippen molar-refractivity contribution in [1.29, 1.82) is 0 Å². The van der Waals surface area contributed by atoms with Crippen LogP contribution >= 0.6 is 7.60 Å². The average molecular weight is 370 g/mol. The van der Waals surface area contributed by atoms with Gasteiger partial charge in [-0.05, 0) is 59.8 Å². The highest BCUT2D eigenvalue weighted by Gasteiger charge is 2.24. The minimum atomic E-state index is -3.23. The molecule has 0 saturated heterocycles. The summed E-state index contributed by atoms with van der Waals surface area (Å²) >= 11 is 0. The maximum atomic E-state index is 11.9. The molecule has 0 bridgehead atoms. The molecule has 0 rings (SSSR count). The summed E-state index contributed by atoms with van der Waals surface area (Å²) in [6.45, 7) is 8.52. The number of carbonyl (C=O) groups is 1. The van der Waals surface area contributed by atoms with Gasteiger partial charge in [0.25, 0.3) is 0 Å². The van der Waals surface area contributed by atoms with Gasteiger partial charge in [0, 0.05) is 20.6 Å². The Morgan fingerprint density at radius 3 is 1.68 bits per heavy atom. The van der Waals surface area contributed by atoms with Gasteiger partial charge in [-0.25, -0.2) is 0 Å². The first kappa shape index (κ1) is 24.0. The Kier molecular flexibility index (Phi) is 12.8. The van der Waals surface area contributed by atoms with Crippen LogP contribution in [0.3, 0.4) is 0 Å². The largest absolute Gasteiger partial charge is 0.337 e. The molecule has 0 unspecified atom stereocenters. The van der Waals surface area contributed by atoms with E-state index in [2.05, 4.69) is 45.9 Å². The van der Waals surface area contributed by atoms with Gasteiger partial charge in [-0.3, -0.25) is 9.36 Å². The summed E-state index contributed by atoms with van der Waals surface area (Å²) in [4.78, 5) is 11.8. The van der Waals surface area contributed by atoms with E-state index in [1.165, 1.54) is 30.9 Å². The lowest BCUT2D eigenvalue weighted by molar-refractivity contribution is -0.116. The summed E-state index contributed by atoms with van der Waals surface area (Å²) in [5, 5.41) is 0. The topological polar surface area (TPSA) is 52.6 Å². The molecule has 0 amide bonds. The zero-order valence-corrected chi connectivity index (χ0v) is 17.7. The second-order valence-corrected chi connectivity index (χ2v) is 8.94. The Hall–Kier alpha value is -0.960. The monoisotopic (exact) mass is 370 g/mol. The van der Waals surface area contributed by atoms with Gasteiger partial charge in [0.2, 0.25) is 0 Å². The van der Waals surface area contributed by atoms with E-state index in [1.807, 2.05) is 0 Å². The third-order valence-corrected chi connectivity index (χ3v) is 5.82. The van der Waals surface area contributed by atoms with Crippen molar-refractivity contribution in [1.82, 2.24) is 0 Å². The Balaban J connectivity index is 4.11. The molecule has 144 valence electrons. The molecule has 0 aromatic heterocycles. The standard InChI is InChI=1S/C20H35O4P/c1-17(2)10-7-11-18(3)12-8-13-19(4)14-9-15-20(21)16-25(22,23-5)24-6/h10,12,14H,7-9,11,13,15-16H2,1-6H3/b18-12+,19-14+. The highest BCUT2D eigenvalue weighted by molar-refractivity contribution is 7.54. The van der Waals surface area contributed by atoms with Crippen molar-refractivity contribution in [3.05, 3.63) is 34.9 Å². The second kappa shape index (κ2) is 13.3. The Morgan fingerprint density at radius 2 is 1.24 bits per heavy atom. The van der Waals surface area contributed by atoms with Crippen LogP contribution < -0.4 is 0 Å². The average Bonchev–Trinajstić information content (AvgIpc) is 2.54. The van der Waals surface area contributed by atoms with Crippen LogP contribution in [0.25, 0.3) is 0 Å². The molecule has 0 spiro atoms. The molecule has 0 aromatic carbocycles. The number of hydrogen-bond acceptors (Lipinski definition) is 4. The lowest BCUT2D eigenvalue weighted by Crippen LogP contribution is -2.07. The number of hydrogen-bond donors (Lipinski definition) is 0. The molecule has 5 heteroatoms. The van der Waals surface area contributed by atoms with Crippen molar-refractivity contribution in [2.45, 2.75) is 66.2 Å². The predicted molar refractivity (Wildman–Crippen MR) is 106 cm³/mol. The quantitative estimate of drug-likeness (QED) is 0.284. The zero-order valence-electron chi connectivity index (χ0n) is 16.8. The minimum absolute atomic E-state index is 0.0916. The predicted octanol–water partition coefficient (Wildman–Crippen LogP) is 6.24. The summed E-state index contributed by atoms with van der Waals surface area (Å²) in [6, 6.07) is 0. The third-order valence-electron chi connectivity index (χ3n) is 3.97. The van der Waals surface area contributed by atoms with E-state index in [0.29, 0.717) is 12.8 Å². The van der Waals surface area contributed by atoms with Crippen molar-refractivity contribution < 1.29 is 18.4 Å². The van der Waals surface area contributed by atoms with Gasteiger partial charge < -0.3 is 9.05 Å². The maximum Gasteiger partial charge on any atom is 0.337 e. The van der Waals surface area contributed by atoms with E-state index >= 15 is 0 Å². The number of Topliss-reactive ketones (excluding diaryl/α,β-unsaturated/α-hetero) is 1. The number of ketones is 1. The highest BCUT2D eigenvalue weighted by atomic mass is 31.2. The second-order valence-electron chi connectivity index (χ2n) is 6.67. The van der Waals surface area contributed by atoms with E-state index in [-0.39, 0.29) is 11.9 Å². The summed E-state index contributed by atoms with van der Waals surface area (Å²) in [6.07, 6.45) is 11.8. The Morgan fingerprint density at radius 1 is 0.800 bits per heavy atom. The molecule has 0 aliphatic carbocycles. The SMILES string of the molecule is COP(=O)(CC(=O)CC/C=C(\C)CC/C=C(\C)CCC=C(C)C)OC. The number of rotatable bonds is 13. The van der Waals surface area contributed by atoms with Gasteiger partial charge in [0.15, 0.2) is 0 Å². The fourth-order valence-electron chi connectivity index (χ4n) is 2.32. The molecule has 0 heterocycles. The molecule has 4 nitrogen and oxygen atoms in total. The lowest BCUT2D eigenvalue weighted by Gasteiger charge is -2.12. The molecule has 0 aromatic rings. The van der Waals surface area contributed by atoms with E-state index in [4.69, 9.17) is 9.05 Å². The molecular weight excluding hydrogens is 335 g/mol. The molecule has 0 atom stereocenters. The molecular formula is C20H35O4P. The van der Waals surface area contributed by atoms with Gasteiger partial charge in [-0.15, -0.1) is 0 Å². The van der Waals surface area contributed by atoms with Crippen LogP contribution in [0.4, 0.5) is 0 Å². The molecule has 0 aliphatic rings. The molecule has 25 heavy (non-hydrogen) atoms. The van der Waals surface area contributed by atoms with E-state index in [1.54, 1.807) is 0 Å². The summed E-state index contributed by atoms with van der Waals surface area (Å²) < 4.78 is 21.5. The zero-order chi connectivity index (χ0) is 19.3. The van der Waals surface area contributed by atoms with Crippen molar-refractivity contribution in [3.63, 3.8) is 0 Å². The van der Waals surface area contributed by atoms with Crippen molar-refractivity contribution in [3.8, 4) is 0 Å². The minimum Gasteiger partial charge on any atom is -0.312 e. The fraction of sp³-hybridized carbons (Fsp3) is 0.650. The van der Waals surface area contributed by atoms with E-state index < -0.39 is 7.60 Å². The fourth-order valence-corrected chi connectivity index (χ4v) is 3.31. The molecule has 0 radical (unpaired) electrons. The van der Waals surface area contributed by atoms with Crippen LogP contribution in [0.2, 0.25) is 0 Å². The first-order chi connectivity index (χ1) is 11.7. The molecule has 0 saturated carbocycles. The van der Waals surface area contributed by atoms with Gasteiger partial charge in [-0.2, -0.15) is 0 Å². The third kappa shape index (κ3) is 13.0. The maximum absolute atomic E-state index is 11.9. The normalized spacial score (nSPS) is 13.0. The van der Waals surface area contributed by atoms with Crippen molar-refractivity contribution in [2.24, 2.45) is 0 Å². The van der Waals surface area contributed by atoms with Crippen LogP contribution in [-0.2, 0) is 18.4 Å². The van der Waals surface area contributed by atoms with Gasteiger partial charge in [0.1, 0.15) is 11.9 Å². The molecule has 0 fully saturated rings. The summed E-state index contributed by atoms with van der Waals surface area (Å²) in [7, 11) is -0.623. The van der Waals surface area contributed by atoms with Gasteiger partial charge in [0.05, 0.1) is 0 Å². The molecule has 0 N–H and O–H groups in total. The lowest BCUT2D eigenvalue weighted by atomic mass is 10.1. The summed E-state index contributed by atoms with van der Waals surface area (Å²) in [5.41, 5.74) is 4.08. The highest BCUT2D eigenvalue weighted by Crippen LogP contribution is 2.46. The molecule has 0 aliphatic heterocycles. The number of allylic oxidation sites excluding steroid dienone is 6. The van der Waals surface area contributed by atoms with E-state index in [9.17, 15) is 9.36 Å². The van der Waals surface area contributed by atoms with Crippen LogP contribution in [0.15, 0.2) is 34.9 Å². The van der Waals surface area contributed by atoms with Crippen LogP contribution in [0.1, 0.15) is 66.2 Å². The van der Waals surface area contributed by atoms with Gasteiger partial charge >= 0.3 is 7.60 Å². The van der Waals surface area contributed by atoms with Crippen LogP contribution in [0.5, 0.6) is 0 Å². The van der Waals surface area contributed by atoms with Crippen molar-refractivity contribution >= 4 is 13.4 Å². The Labute approximate surface area is 153 Å². The first-order valence-corrected chi connectivity index (χ1v) is 10.6. The van der Waals surface area contributed by atoms with E-state index in [0.717, 1.165) is 25.7 Å². The number of carbonyl (C=O) groups excluding carboxylic acids is 1. The summed E-state index contributed by atoms with van der Waals surface area (Å²) in [5.74, 6) is -0.0916.